The zero-order chi connectivity index (χ0) is 15.2. The minimum absolute atomic E-state index is 0.126. The van der Waals surface area contributed by atoms with E-state index in [0.29, 0.717) is 12.5 Å². The summed E-state index contributed by atoms with van der Waals surface area (Å²) in [7, 11) is 2.22. The lowest BCUT2D eigenvalue weighted by atomic mass is 9.99. The summed E-state index contributed by atoms with van der Waals surface area (Å²) in [6, 6.07) is 8.28. The molecule has 1 aromatic rings. The quantitative estimate of drug-likeness (QED) is 0.676. The van der Waals surface area contributed by atoms with Crippen LogP contribution in [0.1, 0.15) is 31.7 Å². The number of carbonyl (C=O) groups is 1. The summed E-state index contributed by atoms with van der Waals surface area (Å²) in [6.45, 7) is 9.50. The van der Waals surface area contributed by atoms with Crippen molar-refractivity contribution in [3.63, 3.8) is 0 Å². The average molecular weight is 291 g/mol. The molecule has 1 heterocycles. The molecular formula is C17H29N3O+2. The topological polar surface area (TPSA) is 38.0 Å². The van der Waals surface area contributed by atoms with Gasteiger partial charge in [0.25, 0.3) is 5.91 Å². The van der Waals surface area contributed by atoms with Crippen molar-refractivity contribution in [3.8, 4) is 0 Å². The van der Waals surface area contributed by atoms with Gasteiger partial charge in [-0.2, -0.15) is 0 Å². The van der Waals surface area contributed by atoms with Crippen molar-refractivity contribution in [2.45, 2.75) is 26.2 Å². The van der Waals surface area contributed by atoms with Crippen molar-refractivity contribution in [1.29, 1.82) is 0 Å². The molecule has 4 nitrogen and oxygen atoms in total. The number of nitrogens with one attached hydrogen (secondary N) is 3. The van der Waals surface area contributed by atoms with E-state index in [9.17, 15) is 4.79 Å². The molecule has 1 amide bonds. The van der Waals surface area contributed by atoms with Crippen LogP contribution in [0.2, 0.25) is 0 Å². The van der Waals surface area contributed by atoms with Crippen LogP contribution in [-0.4, -0.2) is 45.7 Å². The van der Waals surface area contributed by atoms with Crippen molar-refractivity contribution >= 4 is 11.6 Å². The molecule has 1 aliphatic heterocycles. The first-order chi connectivity index (χ1) is 10.1. The third-order valence-electron chi connectivity index (χ3n) is 4.60. The van der Waals surface area contributed by atoms with Crippen molar-refractivity contribution in [1.82, 2.24) is 0 Å². The molecule has 3 N–H and O–H groups in total. The molecule has 1 atom stereocenters. The maximum absolute atomic E-state index is 12.1. The summed E-state index contributed by atoms with van der Waals surface area (Å²) in [5, 5.41) is 3.02. The smallest absolute Gasteiger partial charge is 0.279 e. The monoisotopic (exact) mass is 291 g/mol. The summed E-state index contributed by atoms with van der Waals surface area (Å²) in [5.41, 5.74) is 2.24. The largest absolute Gasteiger partial charge is 0.328 e. The Hall–Kier alpha value is -1.39. The van der Waals surface area contributed by atoms with E-state index in [0.717, 1.165) is 38.3 Å². The molecule has 1 fully saturated rings. The minimum atomic E-state index is 0.126. The number of piperazine rings is 1. The zero-order valence-electron chi connectivity index (χ0n) is 13.5. The Kier molecular flexibility index (Phi) is 5.76. The predicted molar refractivity (Wildman–Crippen MR) is 86.0 cm³/mol. The molecule has 2 rings (SSSR count). The van der Waals surface area contributed by atoms with E-state index in [2.05, 4.69) is 38.3 Å². The highest BCUT2D eigenvalue weighted by Gasteiger charge is 2.22. The average Bonchev–Trinajstić information content (AvgIpc) is 2.49. The number of amides is 1. The van der Waals surface area contributed by atoms with E-state index in [-0.39, 0.29) is 5.91 Å². The second kappa shape index (κ2) is 7.57. The van der Waals surface area contributed by atoms with Crippen molar-refractivity contribution < 1.29 is 14.6 Å². The van der Waals surface area contributed by atoms with Crippen molar-refractivity contribution in [2.24, 2.45) is 0 Å². The maximum Gasteiger partial charge on any atom is 0.279 e. The third kappa shape index (κ3) is 4.83. The summed E-state index contributed by atoms with van der Waals surface area (Å²) in [5.74, 6) is 0.702. The van der Waals surface area contributed by atoms with Crippen LogP contribution in [-0.2, 0) is 4.79 Å². The van der Waals surface area contributed by atoms with Gasteiger partial charge in [0.15, 0.2) is 6.54 Å². The summed E-state index contributed by atoms with van der Waals surface area (Å²) >= 11 is 0. The van der Waals surface area contributed by atoms with Gasteiger partial charge >= 0.3 is 0 Å². The molecule has 116 valence electrons. The van der Waals surface area contributed by atoms with Gasteiger partial charge < -0.3 is 15.1 Å². The normalized spacial score (nSPS) is 23.6. The van der Waals surface area contributed by atoms with Gasteiger partial charge in [0.2, 0.25) is 0 Å². The second-order valence-electron chi connectivity index (χ2n) is 6.36. The number of rotatable bonds is 5. The number of hydrogen-bond donors (Lipinski definition) is 3. The number of likely N-dealkylation sites (N-methyl/N-ethyl adjacent to an activating group) is 1. The number of anilines is 1. The lowest BCUT2D eigenvalue weighted by Gasteiger charge is -2.26. The van der Waals surface area contributed by atoms with Gasteiger partial charge in [-0.05, 0) is 30.0 Å². The van der Waals surface area contributed by atoms with Gasteiger partial charge in [-0.15, -0.1) is 0 Å². The molecule has 0 saturated carbocycles. The van der Waals surface area contributed by atoms with Crippen LogP contribution in [0.5, 0.6) is 0 Å². The fourth-order valence-corrected chi connectivity index (χ4v) is 2.77. The first-order valence-corrected chi connectivity index (χ1v) is 8.13. The van der Waals surface area contributed by atoms with Gasteiger partial charge in [-0.3, -0.25) is 4.79 Å². The molecule has 0 spiro atoms. The first kappa shape index (κ1) is 16.0. The van der Waals surface area contributed by atoms with E-state index in [1.165, 1.54) is 10.5 Å². The Morgan fingerprint density at radius 1 is 1.19 bits per heavy atom. The van der Waals surface area contributed by atoms with Crippen LogP contribution < -0.4 is 15.1 Å². The molecule has 0 unspecified atom stereocenters. The van der Waals surface area contributed by atoms with E-state index in [1.807, 2.05) is 12.1 Å². The Balaban J connectivity index is 1.82. The van der Waals surface area contributed by atoms with E-state index in [4.69, 9.17) is 0 Å². The van der Waals surface area contributed by atoms with Gasteiger partial charge in [0.1, 0.15) is 26.2 Å². The van der Waals surface area contributed by atoms with E-state index in [1.54, 1.807) is 4.90 Å². The zero-order valence-corrected chi connectivity index (χ0v) is 13.5. The highest BCUT2D eigenvalue weighted by atomic mass is 16.2. The number of benzene rings is 1. The van der Waals surface area contributed by atoms with Gasteiger partial charge in [-0.1, -0.05) is 26.0 Å². The molecule has 21 heavy (non-hydrogen) atoms. The molecule has 0 aliphatic carbocycles. The standard InChI is InChI=1S/C17H27N3O/c1-4-14(2)15-5-7-16(8-6-15)18-17(21)13-20-11-9-19(3)10-12-20/h5-8,14H,4,9-13H2,1-3H3,(H,18,21)/p+2/t14-/m1/s1. The predicted octanol–water partition coefficient (Wildman–Crippen LogP) is -0.448. The molecule has 0 aromatic heterocycles. The summed E-state index contributed by atoms with van der Waals surface area (Å²) in [6.07, 6.45) is 1.14. The first-order valence-electron chi connectivity index (χ1n) is 8.13. The Morgan fingerprint density at radius 2 is 1.81 bits per heavy atom. The molecule has 4 heteroatoms. The minimum Gasteiger partial charge on any atom is -0.328 e. The van der Waals surface area contributed by atoms with Crippen LogP contribution in [0, 0.1) is 0 Å². The van der Waals surface area contributed by atoms with Gasteiger partial charge in [-0.25, -0.2) is 0 Å². The van der Waals surface area contributed by atoms with Gasteiger partial charge in [0, 0.05) is 5.69 Å². The number of quaternary nitrogens is 2. The van der Waals surface area contributed by atoms with Crippen LogP contribution in [0.3, 0.4) is 0 Å². The molecule has 1 aromatic carbocycles. The molecule has 0 bridgehead atoms. The van der Waals surface area contributed by atoms with E-state index >= 15 is 0 Å². The van der Waals surface area contributed by atoms with Gasteiger partial charge in [0.05, 0.1) is 7.05 Å². The number of hydrogen-bond acceptors (Lipinski definition) is 1. The Labute approximate surface area is 128 Å². The molecule has 0 radical (unpaired) electrons. The van der Waals surface area contributed by atoms with Crippen molar-refractivity contribution in [3.05, 3.63) is 29.8 Å². The second-order valence-corrected chi connectivity index (χ2v) is 6.36. The van der Waals surface area contributed by atoms with Crippen LogP contribution in [0.25, 0.3) is 0 Å². The molecular weight excluding hydrogens is 262 g/mol. The molecule has 1 aliphatic rings. The lowest BCUT2D eigenvalue weighted by molar-refractivity contribution is -0.999. The highest BCUT2D eigenvalue weighted by Crippen LogP contribution is 2.20. The fraction of sp³-hybridized carbons (Fsp3) is 0.588. The summed E-state index contributed by atoms with van der Waals surface area (Å²) < 4.78 is 0. The SMILES string of the molecule is CC[C@@H](C)c1ccc(NC(=O)C[NH+]2CC[NH+](C)CC2)cc1. The van der Waals surface area contributed by atoms with Crippen molar-refractivity contribution in [2.75, 3.05) is 45.1 Å². The van der Waals surface area contributed by atoms with Crippen LogP contribution in [0.15, 0.2) is 24.3 Å². The number of carbonyl (C=O) groups excluding carboxylic acids is 1. The molecule has 1 saturated heterocycles. The van der Waals surface area contributed by atoms with E-state index < -0.39 is 0 Å². The lowest BCUT2D eigenvalue weighted by Crippen LogP contribution is -3.27. The van der Waals surface area contributed by atoms with Crippen LogP contribution >= 0.6 is 0 Å². The highest BCUT2D eigenvalue weighted by molar-refractivity contribution is 5.91. The third-order valence-corrected chi connectivity index (χ3v) is 4.60. The summed E-state index contributed by atoms with van der Waals surface area (Å²) in [4.78, 5) is 15.1. The van der Waals surface area contributed by atoms with Crippen LogP contribution in [0.4, 0.5) is 5.69 Å². The Bertz CT molecular complexity index is 450. The maximum atomic E-state index is 12.1. The Morgan fingerprint density at radius 3 is 2.38 bits per heavy atom. The fourth-order valence-electron chi connectivity index (χ4n) is 2.77.